The van der Waals surface area contributed by atoms with E-state index < -0.39 is 5.41 Å². The average molecular weight is 538 g/mol. The van der Waals surface area contributed by atoms with Crippen LogP contribution in [0.3, 0.4) is 0 Å². The van der Waals surface area contributed by atoms with Crippen molar-refractivity contribution in [3.8, 4) is 0 Å². The van der Waals surface area contributed by atoms with Gasteiger partial charge < -0.3 is 4.90 Å². The SMILES string of the molecule is [B]c1ccc2c(c1)C1(c3cc(Br)ccc3N2c2ccccc2)c2ccccc2C(C)(C)c2ccccc21. The molecule has 2 aliphatic rings. The van der Waals surface area contributed by atoms with Crippen molar-refractivity contribution in [3.63, 3.8) is 0 Å². The lowest BCUT2D eigenvalue weighted by Crippen LogP contribution is -2.45. The standard InChI is InChI=1S/C34H25BBrN/c1-33(2)25-12-6-8-14-27(25)34(28-15-9-7-13-26(28)33)29-20-22(35)16-18-31(29)37(24-10-4-3-5-11-24)32-19-17-23(36)21-30(32)34/h3-21H,1-2H3. The van der Waals surface area contributed by atoms with Crippen LogP contribution in [0.25, 0.3) is 0 Å². The fraction of sp³-hybridized carbons (Fsp3) is 0.118. The van der Waals surface area contributed by atoms with Crippen LogP contribution < -0.4 is 10.4 Å². The van der Waals surface area contributed by atoms with Crippen LogP contribution in [0.5, 0.6) is 0 Å². The summed E-state index contributed by atoms with van der Waals surface area (Å²) < 4.78 is 1.06. The number of para-hydroxylation sites is 1. The molecule has 1 nitrogen and oxygen atoms in total. The van der Waals surface area contributed by atoms with Gasteiger partial charge in [0.15, 0.2) is 0 Å². The highest BCUT2D eigenvalue weighted by atomic mass is 79.9. The molecule has 0 bridgehead atoms. The van der Waals surface area contributed by atoms with Crippen LogP contribution in [0.1, 0.15) is 47.2 Å². The van der Waals surface area contributed by atoms with Crippen molar-refractivity contribution in [3.05, 3.63) is 153 Å². The van der Waals surface area contributed by atoms with E-state index in [-0.39, 0.29) is 5.41 Å². The van der Waals surface area contributed by atoms with Gasteiger partial charge in [0.05, 0.1) is 16.8 Å². The zero-order valence-corrected chi connectivity index (χ0v) is 22.5. The molecule has 5 aromatic carbocycles. The van der Waals surface area contributed by atoms with E-state index in [1.807, 2.05) is 6.07 Å². The van der Waals surface area contributed by atoms with E-state index in [1.54, 1.807) is 0 Å². The summed E-state index contributed by atoms with van der Waals surface area (Å²) in [5.74, 6) is 0. The van der Waals surface area contributed by atoms with Crippen LogP contribution in [-0.4, -0.2) is 7.85 Å². The van der Waals surface area contributed by atoms with Crippen LogP contribution in [-0.2, 0) is 10.8 Å². The largest absolute Gasteiger partial charge is 0.310 e. The van der Waals surface area contributed by atoms with E-state index in [2.05, 4.69) is 144 Å². The minimum atomic E-state index is -0.516. The molecule has 0 saturated carbocycles. The molecule has 0 unspecified atom stereocenters. The van der Waals surface area contributed by atoms with Crippen LogP contribution in [0.2, 0.25) is 0 Å². The van der Waals surface area contributed by atoms with Gasteiger partial charge in [0.2, 0.25) is 0 Å². The molecule has 5 aromatic rings. The molecule has 1 spiro atoms. The number of rotatable bonds is 1. The second-order valence-corrected chi connectivity index (χ2v) is 11.5. The Hall–Kier alpha value is -3.56. The van der Waals surface area contributed by atoms with Gasteiger partial charge in [0.25, 0.3) is 0 Å². The molecule has 0 amide bonds. The van der Waals surface area contributed by atoms with Gasteiger partial charge in [-0.15, -0.1) is 0 Å². The Morgan fingerprint density at radius 3 is 1.70 bits per heavy atom. The van der Waals surface area contributed by atoms with Gasteiger partial charge in [-0.3, -0.25) is 0 Å². The van der Waals surface area contributed by atoms with Gasteiger partial charge in [-0.1, -0.05) is 114 Å². The van der Waals surface area contributed by atoms with Gasteiger partial charge in [-0.2, -0.15) is 0 Å². The Balaban J connectivity index is 1.72. The summed E-state index contributed by atoms with van der Waals surface area (Å²) in [6.45, 7) is 4.69. The molecule has 7 rings (SSSR count). The second-order valence-electron chi connectivity index (χ2n) is 10.6. The highest BCUT2D eigenvalue weighted by Crippen LogP contribution is 2.62. The van der Waals surface area contributed by atoms with E-state index in [0.717, 1.165) is 21.3 Å². The van der Waals surface area contributed by atoms with E-state index in [1.165, 1.54) is 39.1 Å². The lowest BCUT2D eigenvalue weighted by atomic mass is 9.53. The van der Waals surface area contributed by atoms with Crippen molar-refractivity contribution in [1.82, 2.24) is 0 Å². The molecule has 3 heteroatoms. The number of fused-ring (bicyclic) bond motifs is 8. The number of benzene rings is 5. The molecular formula is C34H25BBrN. The minimum absolute atomic E-state index is 0.137. The van der Waals surface area contributed by atoms with Gasteiger partial charge in [-0.05, 0) is 69.8 Å². The van der Waals surface area contributed by atoms with Gasteiger partial charge >= 0.3 is 0 Å². The van der Waals surface area contributed by atoms with Gasteiger partial charge in [0.1, 0.15) is 7.85 Å². The van der Waals surface area contributed by atoms with Crippen molar-refractivity contribution in [2.24, 2.45) is 0 Å². The summed E-state index contributed by atoms with van der Waals surface area (Å²) in [7, 11) is 6.57. The number of anilines is 3. The van der Waals surface area contributed by atoms with Crippen LogP contribution >= 0.6 is 15.9 Å². The minimum Gasteiger partial charge on any atom is -0.310 e. The average Bonchev–Trinajstić information content (AvgIpc) is 2.92. The molecule has 176 valence electrons. The highest BCUT2D eigenvalue weighted by molar-refractivity contribution is 9.10. The first-order chi connectivity index (χ1) is 17.9. The maximum absolute atomic E-state index is 6.57. The third-order valence-corrected chi connectivity index (χ3v) is 8.79. The number of hydrogen-bond acceptors (Lipinski definition) is 1. The third-order valence-electron chi connectivity index (χ3n) is 8.29. The van der Waals surface area contributed by atoms with E-state index in [4.69, 9.17) is 7.85 Å². The van der Waals surface area contributed by atoms with Crippen molar-refractivity contribution in [1.29, 1.82) is 0 Å². The molecule has 1 aliphatic heterocycles. The second kappa shape index (κ2) is 7.97. The van der Waals surface area contributed by atoms with Crippen molar-refractivity contribution < 1.29 is 0 Å². The van der Waals surface area contributed by atoms with E-state index in [0.29, 0.717) is 0 Å². The normalized spacial score (nSPS) is 15.9. The zero-order chi connectivity index (χ0) is 25.4. The highest BCUT2D eigenvalue weighted by Gasteiger charge is 2.53. The Kier molecular flexibility index (Phi) is 4.87. The molecular weight excluding hydrogens is 513 g/mol. The summed E-state index contributed by atoms with van der Waals surface area (Å²) in [5.41, 5.74) is 11.4. The van der Waals surface area contributed by atoms with Crippen LogP contribution in [0, 0.1) is 0 Å². The Morgan fingerprint density at radius 2 is 1.08 bits per heavy atom. The molecule has 0 fully saturated rings. The van der Waals surface area contributed by atoms with E-state index >= 15 is 0 Å². The maximum atomic E-state index is 6.57. The first-order valence-corrected chi connectivity index (χ1v) is 13.5. The third kappa shape index (κ3) is 2.98. The van der Waals surface area contributed by atoms with Crippen molar-refractivity contribution >= 4 is 46.3 Å². The quantitative estimate of drug-likeness (QED) is 0.192. The molecule has 2 radical (unpaired) electrons. The fourth-order valence-electron chi connectivity index (χ4n) is 6.76. The predicted molar refractivity (Wildman–Crippen MR) is 158 cm³/mol. The first-order valence-electron chi connectivity index (χ1n) is 12.7. The molecule has 0 saturated heterocycles. The van der Waals surface area contributed by atoms with Gasteiger partial charge in [0, 0.05) is 15.6 Å². The fourth-order valence-corrected chi connectivity index (χ4v) is 7.12. The molecule has 0 atom stereocenters. The predicted octanol–water partition coefficient (Wildman–Crippen LogP) is 8.05. The number of nitrogens with zero attached hydrogens (tertiary/aromatic N) is 1. The first kappa shape index (κ1) is 22.6. The number of hydrogen-bond donors (Lipinski definition) is 0. The maximum Gasteiger partial charge on any atom is 0.113 e. The smallest absolute Gasteiger partial charge is 0.113 e. The zero-order valence-electron chi connectivity index (χ0n) is 20.9. The number of halogens is 1. The molecule has 0 N–H and O–H groups in total. The van der Waals surface area contributed by atoms with Crippen molar-refractivity contribution in [2.45, 2.75) is 24.7 Å². The lowest BCUT2D eigenvalue weighted by Gasteiger charge is -2.52. The molecule has 1 heterocycles. The van der Waals surface area contributed by atoms with Gasteiger partial charge in [-0.25, -0.2) is 0 Å². The Morgan fingerprint density at radius 1 is 0.568 bits per heavy atom. The monoisotopic (exact) mass is 537 g/mol. The molecule has 37 heavy (non-hydrogen) atoms. The van der Waals surface area contributed by atoms with E-state index in [9.17, 15) is 0 Å². The summed E-state index contributed by atoms with van der Waals surface area (Å²) in [6.07, 6.45) is 0. The van der Waals surface area contributed by atoms with Crippen LogP contribution in [0.15, 0.2) is 120 Å². The molecule has 1 aliphatic carbocycles. The summed E-state index contributed by atoms with van der Waals surface area (Å²) in [6, 6.07) is 41.7. The van der Waals surface area contributed by atoms with Crippen molar-refractivity contribution in [2.75, 3.05) is 4.90 Å². The van der Waals surface area contributed by atoms with Crippen LogP contribution in [0.4, 0.5) is 17.1 Å². The molecule has 0 aromatic heterocycles. The summed E-state index contributed by atoms with van der Waals surface area (Å²) in [5, 5.41) is 0. The lowest BCUT2D eigenvalue weighted by molar-refractivity contribution is 0.556. The topological polar surface area (TPSA) is 3.24 Å². The summed E-state index contributed by atoms with van der Waals surface area (Å²) in [4.78, 5) is 2.38. The Bertz CT molecular complexity index is 1580. The Labute approximate surface area is 228 Å². The summed E-state index contributed by atoms with van der Waals surface area (Å²) >= 11 is 3.83.